The Morgan fingerprint density at radius 2 is 2.05 bits per heavy atom. The Balaban J connectivity index is 2.08. The third-order valence-electron chi connectivity index (χ3n) is 3.19. The summed E-state index contributed by atoms with van der Waals surface area (Å²) in [7, 11) is 0. The van der Waals surface area contributed by atoms with E-state index >= 15 is 0 Å². The number of rotatable bonds is 3. The summed E-state index contributed by atoms with van der Waals surface area (Å²) >= 11 is 0. The Kier molecular flexibility index (Phi) is 3.31. The zero-order chi connectivity index (χ0) is 13.9. The van der Waals surface area contributed by atoms with Gasteiger partial charge >= 0.3 is 0 Å². The van der Waals surface area contributed by atoms with Gasteiger partial charge in [0.15, 0.2) is 0 Å². The van der Waals surface area contributed by atoms with Gasteiger partial charge in [0, 0.05) is 36.0 Å². The monoisotopic (exact) mass is 265 g/mol. The molecule has 0 aliphatic rings. The van der Waals surface area contributed by atoms with Gasteiger partial charge in [0.1, 0.15) is 5.82 Å². The predicted octanol–water partition coefficient (Wildman–Crippen LogP) is 2.99. The lowest BCUT2D eigenvalue weighted by Gasteiger charge is -2.11. The number of aliphatic hydroxyl groups excluding tert-OH is 1. The standard InChI is InChI=1S/C16H15N3O/c1-12(20)13-4-2-6-15(10-13)19-9-8-18-16(19)14-5-3-7-17-11-14/h2-12,20H,1H3/t12-/m0/s1. The molecule has 1 atom stereocenters. The van der Waals surface area contributed by atoms with Crippen molar-refractivity contribution in [1.82, 2.24) is 14.5 Å². The summed E-state index contributed by atoms with van der Waals surface area (Å²) < 4.78 is 1.99. The first-order valence-corrected chi connectivity index (χ1v) is 6.48. The first kappa shape index (κ1) is 12.6. The van der Waals surface area contributed by atoms with Gasteiger partial charge in [0.2, 0.25) is 0 Å². The van der Waals surface area contributed by atoms with Crippen molar-refractivity contribution in [1.29, 1.82) is 0 Å². The molecule has 0 spiro atoms. The fraction of sp³-hybridized carbons (Fsp3) is 0.125. The van der Waals surface area contributed by atoms with Crippen LogP contribution >= 0.6 is 0 Å². The highest BCUT2D eigenvalue weighted by Gasteiger charge is 2.09. The Morgan fingerprint density at radius 1 is 1.15 bits per heavy atom. The minimum atomic E-state index is -0.486. The summed E-state index contributed by atoms with van der Waals surface area (Å²) in [5, 5.41) is 9.70. The first-order valence-electron chi connectivity index (χ1n) is 6.48. The smallest absolute Gasteiger partial charge is 0.146 e. The van der Waals surface area contributed by atoms with Crippen molar-refractivity contribution in [3.63, 3.8) is 0 Å². The van der Waals surface area contributed by atoms with Gasteiger partial charge in [-0.3, -0.25) is 9.55 Å². The zero-order valence-electron chi connectivity index (χ0n) is 11.1. The SMILES string of the molecule is C[C@H](O)c1cccc(-n2ccnc2-c2cccnc2)c1. The summed E-state index contributed by atoms with van der Waals surface area (Å²) in [6.45, 7) is 1.76. The molecule has 3 aromatic rings. The minimum Gasteiger partial charge on any atom is -0.389 e. The molecule has 100 valence electrons. The Hall–Kier alpha value is -2.46. The second-order valence-corrected chi connectivity index (χ2v) is 4.63. The molecule has 0 unspecified atom stereocenters. The van der Waals surface area contributed by atoms with Crippen LogP contribution in [-0.2, 0) is 0 Å². The average molecular weight is 265 g/mol. The first-order chi connectivity index (χ1) is 9.75. The topological polar surface area (TPSA) is 50.9 Å². The van der Waals surface area contributed by atoms with E-state index in [0.717, 1.165) is 22.6 Å². The second kappa shape index (κ2) is 5.27. The number of pyridine rings is 1. The molecule has 4 nitrogen and oxygen atoms in total. The van der Waals surface area contributed by atoms with E-state index in [9.17, 15) is 5.11 Å². The molecule has 1 aromatic carbocycles. The van der Waals surface area contributed by atoms with E-state index in [-0.39, 0.29) is 0 Å². The van der Waals surface area contributed by atoms with Crippen LogP contribution in [0, 0.1) is 0 Å². The van der Waals surface area contributed by atoms with Crippen molar-refractivity contribution >= 4 is 0 Å². The van der Waals surface area contributed by atoms with Gasteiger partial charge in [-0.15, -0.1) is 0 Å². The maximum absolute atomic E-state index is 9.70. The molecule has 0 saturated heterocycles. The highest BCUT2D eigenvalue weighted by molar-refractivity contribution is 5.57. The number of hydrogen-bond donors (Lipinski definition) is 1. The van der Waals surface area contributed by atoms with Crippen molar-refractivity contribution < 1.29 is 5.11 Å². The molecule has 0 aliphatic carbocycles. The molecule has 0 bridgehead atoms. The Labute approximate surface area is 117 Å². The molecule has 0 radical (unpaired) electrons. The van der Waals surface area contributed by atoms with E-state index < -0.39 is 6.10 Å². The normalized spacial score (nSPS) is 12.3. The van der Waals surface area contributed by atoms with Crippen LogP contribution in [0.5, 0.6) is 0 Å². The molecule has 2 heterocycles. The summed E-state index contributed by atoms with van der Waals surface area (Å²) in [6, 6.07) is 11.7. The second-order valence-electron chi connectivity index (χ2n) is 4.63. The minimum absolute atomic E-state index is 0.486. The summed E-state index contributed by atoms with van der Waals surface area (Å²) in [6.07, 6.45) is 6.71. The third kappa shape index (κ3) is 2.33. The fourth-order valence-corrected chi connectivity index (χ4v) is 2.15. The maximum Gasteiger partial charge on any atom is 0.146 e. The van der Waals surface area contributed by atoms with Gasteiger partial charge in [0.25, 0.3) is 0 Å². The van der Waals surface area contributed by atoms with Gasteiger partial charge in [-0.25, -0.2) is 4.98 Å². The van der Waals surface area contributed by atoms with Crippen molar-refractivity contribution in [2.75, 3.05) is 0 Å². The molecule has 0 aliphatic heterocycles. The van der Waals surface area contributed by atoms with Gasteiger partial charge in [-0.05, 0) is 36.8 Å². The van der Waals surface area contributed by atoms with Crippen LogP contribution in [0.3, 0.4) is 0 Å². The van der Waals surface area contributed by atoms with E-state index in [1.54, 1.807) is 25.5 Å². The lowest BCUT2D eigenvalue weighted by Crippen LogP contribution is -1.99. The maximum atomic E-state index is 9.70. The lowest BCUT2D eigenvalue weighted by atomic mass is 10.1. The van der Waals surface area contributed by atoms with Crippen molar-refractivity contribution in [2.45, 2.75) is 13.0 Å². The molecule has 0 saturated carbocycles. The van der Waals surface area contributed by atoms with E-state index in [2.05, 4.69) is 9.97 Å². The van der Waals surface area contributed by atoms with Crippen LogP contribution < -0.4 is 0 Å². The Morgan fingerprint density at radius 3 is 2.80 bits per heavy atom. The number of aliphatic hydroxyl groups is 1. The molecule has 2 aromatic heterocycles. The fourth-order valence-electron chi connectivity index (χ4n) is 2.15. The summed E-state index contributed by atoms with van der Waals surface area (Å²) in [5.41, 5.74) is 2.81. The third-order valence-corrected chi connectivity index (χ3v) is 3.19. The van der Waals surface area contributed by atoms with E-state index in [1.807, 2.05) is 47.2 Å². The predicted molar refractivity (Wildman–Crippen MR) is 77.4 cm³/mol. The van der Waals surface area contributed by atoms with Crippen LogP contribution in [0.25, 0.3) is 17.1 Å². The molecule has 1 N–H and O–H groups in total. The number of hydrogen-bond acceptors (Lipinski definition) is 3. The number of imidazole rings is 1. The number of nitrogens with zero attached hydrogens (tertiary/aromatic N) is 3. The van der Waals surface area contributed by atoms with Gasteiger partial charge in [0.05, 0.1) is 6.10 Å². The van der Waals surface area contributed by atoms with Gasteiger partial charge in [-0.1, -0.05) is 12.1 Å². The van der Waals surface area contributed by atoms with Crippen LogP contribution in [0.15, 0.2) is 61.2 Å². The van der Waals surface area contributed by atoms with Gasteiger partial charge < -0.3 is 5.11 Å². The quantitative estimate of drug-likeness (QED) is 0.792. The van der Waals surface area contributed by atoms with Gasteiger partial charge in [-0.2, -0.15) is 0 Å². The van der Waals surface area contributed by atoms with Crippen molar-refractivity contribution in [2.24, 2.45) is 0 Å². The van der Waals surface area contributed by atoms with E-state index in [1.165, 1.54) is 0 Å². The zero-order valence-corrected chi connectivity index (χ0v) is 11.1. The Bertz CT molecular complexity index is 705. The summed E-state index contributed by atoms with van der Waals surface area (Å²) in [5.74, 6) is 0.834. The molecular formula is C16H15N3O. The number of benzene rings is 1. The molecule has 0 amide bonds. The van der Waals surface area contributed by atoms with E-state index in [4.69, 9.17) is 0 Å². The number of aromatic nitrogens is 3. The highest BCUT2D eigenvalue weighted by Crippen LogP contribution is 2.22. The van der Waals surface area contributed by atoms with Crippen LogP contribution in [0.1, 0.15) is 18.6 Å². The highest BCUT2D eigenvalue weighted by atomic mass is 16.3. The molecule has 3 rings (SSSR count). The molecule has 0 fully saturated rings. The van der Waals surface area contributed by atoms with E-state index in [0.29, 0.717) is 0 Å². The van der Waals surface area contributed by atoms with Crippen LogP contribution in [-0.4, -0.2) is 19.6 Å². The molecule has 4 heteroatoms. The summed E-state index contributed by atoms with van der Waals surface area (Å²) in [4.78, 5) is 8.53. The van der Waals surface area contributed by atoms with Crippen molar-refractivity contribution in [3.8, 4) is 17.1 Å². The van der Waals surface area contributed by atoms with Crippen LogP contribution in [0.2, 0.25) is 0 Å². The molecular weight excluding hydrogens is 250 g/mol. The molecule has 20 heavy (non-hydrogen) atoms. The average Bonchev–Trinajstić information content (AvgIpc) is 2.98. The largest absolute Gasteiger partial charge is 0.389 e. The van der Waals surface area contributed by atoms with Crippen molar-refractivity contribution in [3.05, 3.63) is 66.7 Å². The lowest BCUT2D eigenvalue weighted by molar-refractivity contribution is 0.199. The van der Waals surface area contributed by atoms with Crippen LogP contribution in [0.4, 0.5) is 0 Å².